The quantitative estimate of drug-likeness (QED) is 0.797. The molecule has 0 radical (unpaired) electrons. The van der Waals surface area contributed by atoms with E-state index < -0.39 is 9.84 Å². The lowest BCUT2D eigenvalue weighted by Gasteiger charge is -2.08. The van der Waals surface area contributed by atoms with Gasteiger partial charge in [-0.15, -0.1) is 0 Å². The summed E-state index contributed by atoms with van der Waals surface area (Å²) < 4.78 is 40.5. The van der Waals surface area contributed by atoms with Crippen LogP contribution in [0.2, 0.25) is 0 Å². The molecule has 16 heavy (non-hydrogen) atoms. The van der Waals surface area contributed by atoms with Crippen molar-refractivity contribution in [2.24, 2.45) is 0 Å². The largest absolute Gasteiger partial charge is 0.492 e. The van der Waals surface area contributed by atoms with Gasteiger partial charge in [-0.3, -0.25) is 0 Å². The summed E-state index contributed by atoms with van der Waals surface area (Å²) >= 11 is 0. The van der Waals surface area contributed by atoms with Gasteiger partial charge in [0.2, 0.25) is 0 Å². The zero-order valence-corrected chi connectivity index (χ0v) is 10.2. The summed E-state index contributed by atoms with van der Waals surface area (Å²) in [5.74, 6) is 0.0584. The average molecular weight is 246 g/mol. The number of aryl methyl sites for hydroxylation is 1. The van der Waals surface area contributed by atoms with Gasteiger partial charge in [0, 0.05) is 11.8 Å². The van der Waals surface area contributed by atoms with E-state index in [9.17, 15) is 12.8 Å². The third kappa shape index (κ3) is 3.81. The number of sulfone groups is 1. The summed E-state index contributed by atoms with van der Waals surface area (Å²) in [6.07, 6.45) is 0. The topological polar surface area (TPSA) is 43.4 Å². The molecule has 0 spiro atoms. The monoisotopic (exact) mass is 246 g/mol. The maximum atomic E-state index is 12.9. The van der Waals surface area contributed by atoms with Gasteiger partial charge in [-0.25, -0.2) is 12.8 Å². The molecule has 0 aliphatic rings. The summed E-state index contributed by atoms with van der Waals surface area (Å²) in [4.78, 5) is 0. The zero-order valence-electron chi connectivity index (χ0n) is 9.36. The number of halogens is 1. The lowest BCUT2D eigenvalue weighted by atomic mass is 10.2. The Kier molecular flexibility index (Phi) is 4.29. The van der Waals surface area contributed by atoms with Crippen LogP contribution in [0.15, 0.2) is 18.2 Å². The number of hydrogen-bond acceptors (Lipinski definition) is 3. The van der Waals surface area contributed by atoms with E-state index in [1.54, 1.807) is 19.9 Å². The van der Waals surface area contributed by atoms with Gasteiger partial charge in [-0.1, -0.05) is 13.0 Å². The van der Waals surface area contributed by atoms with Crippen LogP contribution in [-0.4, -0.2) is 26.5 Å². The first kappa shape index (κ1) is 13.0. The molecule has 1 aromatic carbocycles. The van der Waals surface area contributed by atoms with E-state index in [0.717, 1.165) is 5.56 Å². The predicted molar refractivity (Wildman–Crippen MR) is 61.0 cm³/mol. The smallest absolute Gasteiger partial charge is 0.153 e. The summed E-state index contributed by atoms with van der Waals surface area (Å²) in [6, 6.07) is 4.19. The van der Waals surface area contributed by atoms with Gasteiger partial charge in [-0.2, -0.15) is 0 Å². The summed E-state index contributed by atoms with van der Waals surface area (Å²) in [7, 11) is -3.03. The van der Waals surface area contributed by atoms with Crippen LogP contribution in [0.5, 0.6) is 5.75 Å². The van der Waals surface area contributed by atoms with Gasteiger partial charge in [0.15, 0.2) is 9.84 Å². The second-order valence-electron chi connectivity index (χ2n) is 3.49. The third-order valence-electron chi connectivity index (χ3n) is 2.24. The fourth-order valence-electron chi connectivity index (χ4n) is 1.15. The molecule has 0 atom stereocenters. The van der Waals surface area contributed by atoms with E-state index in [0.29, 0.717) is 5.75 Å². The van der Waals surface area contributed by atoms with Crippen LogP contribution in [0.4, 0.5) is 4.39 Å². The Morgan fingerprint density at radius 3 is 2.69 bits per heavy atom. The molecule has 0 aliphatic heterocycles. The molecule has 0 aliphatic carbocycles. The highest BCUT2D eigenvalue weighted by atomic mass is 32.2. The Morgan fingerprint density at radius 2 is 2.06 bits per heavy atom. The van der Waals surface area contributed by atoms with Crippen molar-refractivity contribution in [3.63, 3.8) is 0 Å². The standard InChI is InChI=1S/C11H15FO3S/c1-3-16(13,14)7-6-15-11-8-10(12)5-4-9(11)2/h4-5,8H,3,6-7H2,1-2H3. The number of hydrogen-bond donors (Lipinski definition) is 0. The summed E-state index contributed by atoms with van der Waals surface area (Å²) in [5, 5.41) is 0. The fraction of sp³-hybridized carbons (Fsp3) is 0.455. The molecule has 0 N–H and O–H groups in total. The molecule has 90 valence electrons. The highest BCUT2D eigenvalue weighted by Gasteiger charge is 2.08. The minimum absolute atomic E-state index is 0.0422. The highest BCUT2D eigenvalue weighted by molar-refractivity contribution is 7.91. The van der Waals surface area contributed by atoms with E-state index in [1.165, 1.54) is 12.1 Å². The van der Waals surface area contributed by atoms with Gasteiger partial charge >= 0.3 is 0 Å². The average Bonchev–Trinajstić information content (AvgIpc) is 2.23. The molecule has 3 nitrogen and oxygen atoms in total. The molecular weight excluding hydrogens is 231 g/mol. The minimum atomic E-state index is -3.03. The van der Waals surface area contributed by atoms with Gasteiger partial charge in [0.1, 0.15) is 18.2 Å². The number of benzene rings is 1. The molecule has 0 fully saturated rings. The second-order valence-corrected chi connectivity index (χ2v) is 5.97. The Balaban J connectivity index is 2.59. The van der Waals surface area contributed by atoms with E-state index in [1.807, 2.05) is 0 Å². The Hall–Kier alpha value is -1.10. The van der Waals surface area contributed by atoms with Gasteiger partial charge in [0.05, 0.1) is 5.75 Å². The maximum Gasteiger partial charge on any atom is 0.153 e. The molecule has 0 bridgehead atoms. The van der Waals surface area contributed by atoms with Crippen molar-refractivity contribution in [1.82, 2.24) is 0 Å². The fourth-order valence-corrected chi connectivity index (χ4v) is 1.78. The van der Waals surface area contributed by atoms with E-state index in [4.69, 9.17) is 4.74 Å². The van der Waals surface area contributed by atoms with Gasteiger partial charge in [-0.05, 0) is 18.6 Å². The van der Waals surface area contributed by atoms with Crippen molar-refractivity contribution in [2.45, 2.75) is 13.8 Å². The van der Waals surface area contributed by atoms with Crippen LogP contribution in [0.1, 0.15) is 12.5 Å². The van der Waals surface area contributed by atoms with Crippen LogP contribution in [-0.2, 0) is 9.84 Å². The SMILES string of the molecule is CCS(=O)(=O)CCOc1cc(F)ccc1C. The first-order valence-electron chi connectivity index (χ1n) is 5.04. The first-order valence-corrected chi connectivity index (χ1v) is 6.86. The van der Waals surface area contributed by atoms with Crippen LogP contribution >= 0.6 is 0 Å². The molecule has 0 saturated heterocycles. The maximum absolute atomic E-state index is 12.9. The van der Waals surface area contributed by atoms with Crippen molar-refractivity contribution in [3.8, 4) is 5.75 Å². The minimum Gasteiger partial charge on any atom is -0.492 e. The van der Waals surface area contributed by atoms with E-state index in [-0.39, 0.29) is 23.9 Å². The predicted octanol–water partition coefficient (Wildman–Crippen LogP) is 1.95. The lowest BCUT2D eigenvalue weighted by Crippen LogP contribution is -2.15. The Bertz CT molecular complexity index is 454. The van der Waals surface area contributed by atoms with Crippen LogP contribution in [0.3, 0.4) is 0 Å². The molecule has 0 amide bonds. The van der Waals surface area contributed by atoms with E-state index in [2.05, 4.69) is 0 Å². The van der Waals surface area contributed by atoms with Crippen molar-refractivity contribution in [1.29, 1.82) is 0 Å². The molecule has 0 aromatic heterocycles. The normalized spacial score (nSPS) is 11.4. The molecule has 0 saturated carbocycles. The Morgan fingerprint density at radius 1 is 1.38 bits per heavy atom. The van der Waals surface area contributed by atoms with Gasteiger partial charge < -0.3 is 4.74 Å². The lowest BCUT2D eigenvalue weighted by molar-refractivity contribution is 0.336. The van der Waals surface area contributed by atoms with Crippen LogP contribution in [0, 0.1) is 12.7 Å². The highest BCUT2D eigenvalue weighted by Crippen LogP contribution is 2.18. The molecule has 5 heteroatoms. The summed E-state index contributed by atoms with van der Waals surface area (Å²) in [6.45, 7) is 3.42. The number of rotatable bonds is 5. The molecular formula is C11H15FO3S. The molecule has 1 rings (SSSR count). The van der Waals surface area contributed by atoms with Crippen LogP contribution < -0.4 is 4.74 Å². The molecule has 0 heterocycles. The summed E-state index contributed by atoms with van der Waals surface area (Å²) in [5.41, 5.74) is 0.787. The third-order valence-corrected chi connectivity index (χ3v) is 3.91. The Labute approximate surface area is 95.2 Å². The van der Waals surface area contributed by atoms with Crippen molar-refractivity contribution < 1.29 is 17.5 Å². The molecule has 0 unspecified atom stereocenters. The van der Waals surface area contributed by atoms with Crippen molar-refractivity contribution in [2.75, 3.05) is 18.1 Å². The van der Waals surface area contributed by atoms with Gasteiger partial charge in [0.25, 0.3) is 0 Å². The van der Waals surface area contributed by atoms with Crippen molar-refractivity contribution in [3.05, 3.63) is 29.6 Å². The van der Waals surface area contributed by atoms with E-state index >= 15 is 0 Å². The number of ether oxygens (including phenoxy) is 1. The zero-order chi connectivity index (χ0) is 12.2. The van der Waals surface area contributed by atoms with Crippen LogP contribution in [0.25, 0.3) is 0 Å². The van der Waals surface area contributed by atoms with Crippen molar-refractivity contribution >= 4 is 9.84 Å². The first-order chi connectivity index (χ1) is 7.44. The molecule has 1 aromatic rings. The second kappa shape index (κ2) is 5.30.